The first-order valence-electron chi connectivity index (χ1n) is 6.76. The van der Waals surface area contributed by atoms with Gasteiger partial charge in [-0.1, -0.05) is 5.16 Å². The summed E-state index contributed by atoms with van der Waals surface area (Å²) >= 11 is 0. The van der Waals surface area contributed by atoms with Crippen LogP contribution in [-0.2, 0) is 4.74 Å². The van der Waals surface area contributed by atoms with E-state index in [1.165, 1.54) is 6.92 Å². The van der Waals surface area contributed by atoms with E-state index in [2.05, 4.69) is 5.16 Å². The van der Waals surface area contributed by atoms with Crippen molar-refractivity contribution in [1.82, 2.24) is 5.16 Å². The van der Waals surface area contributed by atoms with Gasteiger partial charge in [0.05, 0.1) is 12.8 Å². The number of hydrogen-bond donors (Lipinski definition) is 0. The monoisotopic (exact) mass is 303 g/mol. The molecule has 0 saturated heterocycles. The van der Waals surface area contributed by atoms with Crippen LogP contribution in [0.1, 0.15) is 39.1 Å². The molecule has 0 saturated carbocycles. The van der Waals surface area contributed by atoms with Gasteiger partial charge in [0.15, 0.2) is 6.10 Å². The summed E-state index contributed by atoms with van der Waals surface area (Å²) < 4.78 is 15.2. The summed E-state index contributed by atoms with van der Waals surface area (Å²) in [6, 6.07) is 6.61. The molecule has 1 heterocycles. The fourth-order valence-electron chi connectivity index (χ4n) is 2.04. The van der Waals surface area contributed by atoms with Crippen molar-refractivity contribution < 1.29 is 23.6 Å². The molecule has 0 aliphatic carbocycles. The molecule has 0 aliphatic heterocycles. The van der Waals surface area contributed by atoms with E-state index in [-0.39, 0.29) is 11.3 Å². The SMILES string of the molecule is COc1ccc(C(=O)[C@H](C)OC(=O)c2c(C)noc2C)cc1. The van der Waals surface area contributed by atoms with Crippen molar-refractivity contribution >= 4 is 11.8 Å². The third-order valence-electron chi connectivity index (χ3n) is 3.27. The molecule has 0 spiro atoms. The van der Waals surface area contributed by atoms with Gasteiger partial charge in [-0.25, -0.2) is 4.79 Å². The Labute approximate surface area is 128 Å². The van der Waals surface area contributed by atoms with Crippen molar-refractivity contribution in [3.05, 3.63) is 46.8 Å². The number of methoxy groups -OCH3 is 1. The van der Waals surface area contributed by atoms with E-state index >= 15 is 0 Å². The van der Waals surface area contributed by atoms with Gasteiger partial charge < -0.3 is 14.0 Å². The van der Waals surface area contributed by atoms with Crippen molar-refractivity contribution in [2.24, 2.45) is 0 Å². The van der Waals surface area contributed by atoms with Crippen LogP contribution in [0.25, 0.3) is 0 Å². The molecule has 2 rings (SSSR count). The van der Waals surface area contributed by atoms with Gasteiger partial charge in [-0.3, -0.25) is 4.79 Å². The predicted molar refractivity (Wildman–Crippen MR) is 78.2 cm³/mol. The van der Waals surface area contributed by atoms with Crippen molar-refractivity contribution in [3.8, 4) is 5.75 Å². The standard InChI is InChI=1S/C16H17NO5/c1-9-14(10(2)22-17-9)16(19)21-11(3)15(18)12-5-7-13(20-4)8-6-12/h5-8,11H,1-4H3/t11-/m0/s1. The Balaban J connectivity index is 2.09. The second kappa shape index (κ2) is 6.43. The van der Waals surface area contributed by atoms with Gasteiger partial charge in [0.2, 0.25) is 5.78 Å². The third-order valence-corrected chi connectivity index (χ3v) is 3.27. The number of ether oxygens (including phenoxy) is 2. The molecule has 0 aliphatic rings. The Hall–Kier alpha value is -2.63. The van der Waals surface area contributed by atoms with Crippen molar-refractivity contribution in [2.75, 3.05) is 7.11 Å². The van der Waals surface area contributed by atoms with Gasteiger partial charge in [-0.05, 0) is 45.0 Å². The highest BCUT2D eigenvalue weighted by Gasteiger charge is 2.24. The molecule has 2 aromatic rings. The molecule has 1 atom stereocenters. The molecular formula is C16H17NO5. The number of esters is 1. The zero-order valence-electron chi connectivity index (χ0n) is 12.9. The summed E-state index contributed by atoms with van der Waals surface area (Å²) in [6.45, 7) is 4.79. The van der Waals surface area contributed by atoms with Gasteiger partial charge in [-0.2, -0.15) is 0 Å². The molecule has 0 fully saturated rings. The summed E-state index contributed by atoms with van der Waals surface area (Å²) in [7, 11) is 1.55. The maximum Gasteiger partial charge on any atom is 0.344 e. The number of carbonyl (C=O) groups is 2. The Bertz CT molecular complexity index is 668. The maximum absolute atomic E-state index is 12.3. The molecule has 6 nitrogen and oxygen atoms in total. The largest absolute Gasteiger partial charge is 0.497 e. The zero-order chi connectivity index (χ0) is 16.3. The molecular weight excluding hydrogens is 286 g/mol. The predicted octanol–water partition coefficient (Wildman–Crippen LogP) is 2.73. The molecule has 0 amide bonds. The Kier molecular flexibility index (Phi) is 4.60. The average Bonchev–Trinajstić information content (AvgIpc) is 2.85. The summed E-state index contributed by atoms with van der Waals surface area (Å²) in [5, 5.41) is 3.69. The highest BCUT2D eigenvalue weighted by Crippen LogP contribution is 2.17. The van der Waals surface area contributed by atoms with Crippen LogP contribution in [0.2, 0.25) is 0 Å². The fraction of sp³-hybridized carbons (Fsp3) is 0.312. The number of nitrogens with zero attached hydrogens (tertiary/aromatic N) is 1. The fourth-order valence-corrected chi connectivity index (χ4v) is 2.04. The quantitative estimate of drug-likeness (QED) is 0.624. The molecule has 0 radical (unpaired) electrons. The second-order valence-electron chi connectivity index (χ2n) is 4.84. The molecule has 6 heteroatoms. The number of carbonyl (C=O) groups excluding carboxylic acids is 2. The van der Waals surface area contributed by atoms with Gasteiger partial charge >= 0.3 is 5.97 Å². The molecule has 0 unspecified atom stereocenters. The first kappa shape index (κ1) is 15.8. The normalized spacial score (nSPS) is 11.8. The molecule has 1 aromatic carbocycles. The van der Waals surface area contributed by atoms with Gasteiger partial charge in [0, 0.05) is 5.56 Å². The zero-order valence-corrected chi connectivity index (χ0v) is 12.9. The van der Waals surface area contributed by atoms with E-state index in [4.69, 9.17) is 14.0 Å². The van der Waals surface area contributed by atoms with E-state index in [0.717, 1.165) is 0 Å². The summed E-state index contributed by atoms with van der Waals surface area (Å²) in [5.41, 5.74) is 1.14. The lowest BCUT2D eigenvalue weighted by atomic mass is 10.1. The summed E-state index contributed by atoms with van der Waals surface area (Å²) in [5.74, 6) is 0.108. The topological polar surface area (TPSA) is 78.6 Å². The number of Topliss-reactive ketones (excluding diaryl/α,β-unsaturated/α-hetero) is 1. The Morgan fingerprint density at radius 2 is 1.82 bits per heavy atom. The van der Waals surface area contributed by atoms with E-state index in [9.17, 15) is 9.59 Å². The summed E-state index contributed by atoms with van der Waals surface area (Å²) in [4.78, 5) is 24.4. The third kappa shape index (κ3) is 3.16. The van der Waals surface area contributed by atoms with E-state index < -0.39 is 12.1 Å². The maximum atomic E-state index is 12.3. The van der Waals surface area contributed by atoms with E-state index in [0.29, 0.717) is 22.8 Å². The molecule has 0 N–H and O–H groups in total. The van der Waals surface area contributed by atoms with E-state index in [1.807, 2.05) is 0 Å². The first-order chi connectivity index (χ1) is 10.4. The number of ketones is 1. The van der Waals surface area contributed by atoms with E-state index in [1.54, 1.807) is 45.2 Å². The lowest BCUT2D eigenvalue weighted by Crippen LogP contribution is -2.24. The average molecular weight is 303 g/mol. The van der Waals surface area contributed by atoms with Crippen LogP contribution in [0.5, 0.6) is 5.75 Å². The van der Waals surface area contributed by atoms with Crippen LogP contribution in [0.3, 0.4) is 0 Å². The number of aromatic nitrogens is 1. The number of aryl methyl sites for hydroxylation is 2. The number of hydrogen-bond acceptors (Lipinski definition) is 6. The number of rotatable bonds is 5. The van der Waals surface area contributed by atoms with Crippen LogP contribution in [0.4, 0.5) is 0 Å². The second-order valence-corrected chi connectivity index (χ2v) is 4.84. The van der Waals surface area contributed by atoms with Crippen LogP contribution in [0.15, 0.2) is 28.8 Å². The lowest BCUT2D eigenvalue weighted by molar-refractivity contribution is 0.0316. The van der Waals surface area contributed by atoms with Crippen LogP contribution in [-0.4, -0.2) is 30.1 Å². The lowest BCUT2D eigenvalue weighted by Gasteiger charge is -2.12. The van der Waals surface area contributed by atoms with Crippen LogP contribution in [0, 0.1) is 13.8 Å². The van der Waals surface area contributed by atoms with Gasteiger partial charge in [0.25, 0.3) is 0 Å². The number of benzene rings is 1. The highest BCUT2D eigenvalue weighted by molar-refractivity contribution is 6.01. The Morgan fingerprint density at radius 3 is 2.32 bits per heavy atom. The van der Waals surface area contributed by atoms with Crippen molar-refractivity contribution in [3.63, 3.8) is 0 Å². The minimum Gasteiger partial charge on any atom is -0.497 e. The van der Waals surface area contributed by atoms with Crippen molar-refractivity contribution in [1.29, 1.82) is 0 Å². The molecule has 0 bridgehead atoms. The van der Waals surface area contributed by atoms with Crippen LogP contribution >= 0.6 is 0 Å². The first-order valence-corrected chi connectivity index (χ1v) is 6.76. The molecule has 116 valence electrons. The molecule has 22 heavy (non-hydrogen) atoms. The molecule has 1 aromatic heterocycles. The van der Waals surface area contributed by atoms with Gasteiger partial charge in [-0.15, -0.1) is 0 Å². The minimum absolute atomic E-state index is 0.259. The minimum atomic E-state index is -0.908. The highest BCUT2D eigenvalue weighted by atomic mass is 16.5. The Morgan fingerprint density at radius 1 is 1.18 bits per heavy atom. The van der Waals surface area contributed by atoms with Crippen LogP contribution < -0.4 is 4.74 Å². The van der Waals surface area contributed by atoms with Gasteiger partial charge in [0.1, 0.15) is 17.1 Å². The smallest absolute Gasteiger partial charge is 0.344 e. The van der Waals surface area contributed by atoms with Crippen molar-refractivity contribution in [2.45, 2.75) is 26.9 Å². The summed E-state index contributed by atoms with van der Waals surface area (Å²) in [6.07, 6.45) is -0.908.